The van der Waals surface area contributed by atoms with Crippen LogP contribution in [0.3, 0.4) is 0 Å². The van der Waals surface area contributed by atoms with Gasteiger partial charge in [0.05, 0.1) is 18.0 Å². The maximum absolute atomic E-state index is 11.8. The lowest BCUT2D eigenvalue weighted by Crippen LogP contribution is -2.42. The fraction of sp³-hybridized carbons (Fsp3) is 0.522. The minimum atomic E-state index is -3.09. The molecule has 1 aliphatic carbocycles. The van der Waals surface area contributed by atoms with Gasteiger partial charge in [-0.15, -0.1) is 10.2 Å². The van der Waals surface area contributed by atoms with Crippen LogP contribution >= 0.6 is 0 Å². The van der Waals surface area contributed by atoms with Gasteiger partial charge in [0.25, 0.3) is 0 Å². The van der Waals surface area contributed by atoms with Gasteiger partial charge in [0, 0.05) is 30.3 Å². The molecule has 1 aliphatic heterocycles. The van der Waals surface area contributed by atoms with Crippen LogP contribution in [0.1, 0.15) is 62.3 Å². The Kier molecular flexibility index (Phi) is 5.64. The first-order valence-electron chi connectivity index (χ1n) is 11.6. The standard InChI is InChI=1S/C23H29N7O2S/c1-4-19-23-28-27-15(2)29(23)20-14-25-21(26-22(20)30(19)17-7-5-6-8-17)18-9-11-24-13-16(18)10-12-33(3,31)32/h9,11,13-14,17,19H,4-8,10,12H2,1-3H3/t19-/m1/s1. The van der Waals surface area contributed by atoms with E-state index in [9.17, 15) is 8.42 Å². The second kappa shape index (κ2) is 8.48. The molecule has 10 heteroatoms. The van der Waals surface area contributed by atoms with Gasteiger partial charge < -0.3 is 4.90 Å². The number of nitrogens with zero attached hydrogens (tertiary/aromatic N) is 7. The smallest absolute Gasteiger partial charge is 0.162 e. The van der Waals surface area contributed by atoms with E-state index in [1.807, 2.05) is 19.2 Å². The van der Waals surface area contributed by atoms with E-state index in [0.29, 0.717) is 18.3 Å². The summed E-state index contributed by atoms with van der Waals surface area (Å²) in [6.07, 6.45) is 12.5. The molecule has 0 spiro atoms. The molecule has 4 heterocycles. The van der Waals surface area contributed by atoms with Crippen molar-refractivity contribution in [2.24, 2.45) is 0 Å². The van der Waals surface area contributed by atoms with Crippen molar-refractivity contribution in [1.29, 1.82) is 0 Å². The van der Waals surface area contributed by atoms with Gasteiger partial charge in [0.2, 0.25) is 0 Å². The van der Waals surface area contributed by atoms with Crippen molar-refractivity contribution in [2.75, 3.05) is 16.9 Å². The van der Waals surface area contributed by atoms with Crippen molar-refractivity contribution in [2.45, 2.75) is 64.5 Å². The van der Waals surface area contributed by atoms with Crippen LogP contribution in [0.2, 0.25) is 0 Å². The summed E-state index contributed by atoms with van der Waals surface area (Å²) >= 11 is 0. The minimum Gasteiger partial charge on any atom is -0.342 e. The summed E-state index contributed by atoms with van der Waals surface area (Å²) in [5.41, 5.74) is 2.56. The lowest BCUT2D eigenvalue weighted by atomic mass is 10.0. The van der Waals surface area contributed by atoms with Crippen LogP contribution < -0.4 is 4.90 Å². The zero-order chi connectivity index (χ0) is 23.2. The maximum atomic E-state index is 11.8. The zero-order valence-electron chi connectivity index (χ0n) is 19.3. The molecule has 3 aromatic rings. The minimum absolute atomic E-state index is 0.0615. The first-order chi connectivity index (χ1) is 15.9. The van der Waals surface area contributed by atoms with Crippen LogP contribution in [0.5, 0.6) is 0 Å². The average Bonchev–Trinajstić information content (AvgIpc) is 3.46. The van der Waals surface area contributed by atoms with Crippen LogP contribution in [0.4, 0.5) is 5.82 Å². The first kappa shape index (κ1) is 21.9. The zero-order valence-corrected chi connectivity index (χ0v) is 20.1. The monoisotopic (exact) mass is 467 g/mol. The van der Waals surface area contributed by atoms with E-state index in [1.54, 1.807) is 12.4 Å². The van der Waals surface area contributed by atoms with Crippen LogP contribution in [-0.4, -0.2) is 56.2 Å². The molecule has 0 aromatic carbocycles. The van der Waals surface area contributed by atoms with E-state index in [4.69, 9.17) is 9.97 Å². The summed E-state index contributed by atoms with van der Waals surface area (Å²) in [5.74, 6) is 3.33. The third kappa shape index (κ3) is 4.01. The molecule has 0 saturated heterocycles. The van der Waals surface area contributed by atoms with Crippen LogP contribution in [0.25, 0.3) is 17.1 Å². The molecular weight excluding hydrogens is 438 g/mol. The van der Waals surface area contributed by atoms with Gasteiger partial charge in [-0.05, 0) is 44.2 Å². The number of hydrogen-bond acceptors (Lipinski definition) is 8. The summed E-state index contributed by atoms with van der Waals surface area (Å²) in [4.78, 5) is 16.5. The van der Waals surface area contributed by atoms with Gasteiger partial charge in [-0.2, -0.15) is 0 Å². The molecule has 2 aliphatic rings. The largest absolute Gasteiger partial charge is 0.342 e. The molecule has 174 valence electrons. The summed E-state index contributed by atoms with van der Waals surface area (Å²) in [5, 5.41) is 8.89. The van der Waals surface area contributed by atoms with Crippen LogP contribution in [0.15, 0.2) is 24.7 Å². The number of aryl methyl sites for hydroxylation is 2. The predicted molar refractivity (Wildman–Crippen MR) is 126 cm³/mol. The molecule has 5 rings (SSSR count). The van der Waals surface area contributed by atoms with Crippen LogP contribution in [-0.2, 0) is 16.3 Å². The topological polar surface area (TPSA) is 107 Å². The molecule has 1 atom stereocenters. The first-order valence-corrected chi connectivity index (χ1v) is 13.6. The highest BCUT2D eigenvalue weighted by molar-refractivity contribution is 7.90. The normalized spacial score (nSPS) is 18.4. The van der Waals surface area contributed by atoms with Crippen molar-refractivity contribution in [3.8, 4) is 17.1 Å². The van der Waals surface area contributed by atoms with Gasteiger partial charge in [-0.25, -0.2) is 18.4 Å². The summed E-state index contributed by atoms with van der Waals surface area (Å²) < 4.78 is 25.6. The number of fused-ring (bicyclic) bond motifs is 3. The molecule has 33 heavy (non-hydrogen) atoms. The van der Waals surface area contributed by atoms with E-state index in [-0.39, 0.29) is 11.8 Å². The van der Waals surface area contributed by atoms with Gasteiger partial charge in [0.1, 0.15) is 21.3 Å². The lowest BCUT2D eigenvalue weighted by molar-refractivity contribution is 0.468. The van der Waals surface area contributed by atoms with Crippen molar-refractivity contribution in [3.05, 3.63) is 41.9 Å². The highest BCUT2D eigenvalue weighted by Crippen LogP contribution is 2.43. The second-order valence-corrected chi connectivity index (χ2v) is 11.3. The third-order valence-corrected chi connectivity index (χ3v) is 7.66. The molecule has 0 unspecified atom stereocenters. The van der Waals surface area contributed by atoms with E-state index in [2.05, 4.69) is 31.6 Å². The number of sulfone groups is 1. The van der Waals surface area contributed by atoms with Crippen molar-refractivity contribution < 1.29 is 8.42 Å². The van der Waals surface area contributed by atoms with Crippen LogP contribution in [0, 0.1) is 6.92 Å². The van der Waals surface area contributed by atoms with Crippen molar-refractivity contribution in [3.63, 3.8) is 0 Å². The Morgan fingerprint density at radius 3 is 2.67 bits per heavy atom. The Morgan fingerprint density at radius 1 is 1.15 bits per heavy atom. The molecular formula is C23H29N7O2S. The fourth-order valence-electron chi connectivity index (χ4n) is 5.14. The van der Waals surface area contributed by atoms with Gasteiger partial charge in [-0.1, -0.05) is 19.8 Å². The Bertz CT molecular complexity index is 1280. The SMILES string of the molecule is CC[C@@H]1c2nnc(C)n2-c2cnc(-c3ccncc3CCS(C)(=O)=O)nc2N1C1CCCC1. The van der Waals surface area contributed by atoms with Crippen molar-refractivity contribution >= 4 is 15.7 Å². The fourth-order valence-corrected chi connectivity index (χ4v) is 5.73. The third-order valence-electron chi connectivity index (χ3n) is 6.71. The lowest BCUT2D eigenvalue weighted by Gasteiger charge is -2.41. The summed E-state index contributed by atoms with van der Waals surface area (Å²) in [6, 6.07) is 2.38. The second-order valence-electron chi connectivity index (χ2n) is 9.03. The Morgan fingerprint density at radius 2 is 1.94 bits per heavy atom. The number of aromatic nitrogens is 6. The molecule has 9 nitrogen and oxygen atoms in total. The molecule has 0 radical (unpaired) electrons. The van der Waals surface area contributed by atoms with Crippen molar-refractivity contribution in [1.82, 2.24) is 29.7 Å². The molecule has 0 N–H and O–H groups in total. The van der Waals surface area contributed by atoms with E-state index in [1.165, 1.54) is 19.1 Å². The number of pyridine rings is 1. The highest BCUT2D eigenvalue weighted by atomic mass is 32.2. The predicted octanol–water partition coefficient (Wildman–Crippen LogP) is 3.23. The Balaban J connectivity index is 1.64. The number of anilines is 1. The van der Waals surface area contributed by atoms with Gasteiger partial charge in [0.15, 0.2) is 17.5 Å². The van der Waals surface area contributed by atoms with E-state index >= 15 is 0 Å². The molecule has 0 bridgehead atoms. The van der Waals surface area contributed by atoms with E-state index < -0.39 is 9.84 Å². The molecule has 1 fully saturated rings. The quantitative estimate of drug-likeness (QED) is 0.544. The van der Waals surface area contributed by atoms with E-state index in [0.717, 1.165) is 53.5 Å². The van der Waals surface area contributed by atoms with Gasteiger partial charge >= 0.3 is 0 Å². The Hall–Kier alpha value is -2.88. The summed E-state index contributed by atoms with van der Waals surface area (Å²) in [7, 11) is -3.09. The highest BCUT2D eigenvalue weighted by Gasteiger charge is 2.39. The number of rotatable bonds is 6. The number of hydrogen-bond donors (Lipinski definition) is 0. The molecule has 1 saturated carbocycles. The average molecular weight is 468 g/mol. The molecule has 0 amide bonds. The van der Waals surface area contributed by atoms with Gasteiger partial charge in [-0.3, -0.25) is 9.55 Å². The molecule has 3 aromatic heterocycles. The Labute approximate surface area is 194 Å². The maximum Gasteiger partial charge on any atom is 0.162 e. The summed E-state index contributed by atoms with van der Waals surface area (Å²) in [6.45, 7) is 4.14.